The Morgan fingerprint density at radius 3 is 1.83 bits per heavy atom. The maximum atomic E-state index is 14.3. The second-order valence-corrected chi connectivity index (χ2v) is 20.7. The molecule has 18 nitrogen and oxygen atoms in total. The summed E-state index contributed by atoms with van der Waals surface area (Å²) < 4.78 is 40.4. The highest BCUT2D eigenvalue weighted by molar-refractivity contribution is 7.88. The molecule has 1 aliphatic heterocycles. The molecule has 4 amide bonds. The molecule has 1 fully saturated rings. The highest BCUT2D eigenvalue weighted by Gasteiger charge is 2.43. The van der Waals surface area contributed by atoms with Crippen LogP contribution in [0.5, 0.6) is 0 Å². The van der Waals surface area contributed by atoms with Gasteiger partial charge in [-0.3, -0.25) is 33.1 Å². The number of carboxylic acids is 1. The van der Waals surface area contributed by atoms with Gasteiger partial charge in [-0.05, 0) is 75.8 Å². The molecule has 0 spiro atoms. The van der Waals surface area contributed by atoms with Gasteiger partial charge in [0.05, 0.1) is 30.5 Å². The van der Waals surface area contributed by atoms with E-state index in [2.05, 4.69) is 21.3 Å². The Bertz CT molecular complexity index is 1990. The molecule has 0 aromatic heterocycles. The van der Waals surface area contributed by atoms with E-state index in [1.807, 2.05) is 49.1 Å². The highest BCUT2D eigenvalue weighted by atomic mass is 32.2. The molecular formula is C47H71N5O13S. The predicted molar refractivity (Wildman–Crippen MR) is 246 cm³/mol. The number of carbonyl (C=O) groups excluding carboxylic acids is 5. The zero-order valence-corrected chi connectivity index (χ0v) is 40.2. The van der Waals surface area contributed by atoms with Gasteiger partial charge in [-0.2, -0.15) is 8.42 Å². The standard InChI is InChI=1S/C47H71N5O13S/c1-32(2)26-37(42(56)47(7,60)31-65-66(61,62)46(5,6)20-23-64-30-41(54)55)49-45(59)39(28-35-16-12-9-13-17-35)51-44(58)38(27-33(3)4)50-43(57)36(19-18-34-14-10-8-11-15-34)48-40(53)29-52-21-24-63-25-22-52/h8-17,32-33,36-39,60H,18-31H2,1-7H3,(H,48,53)(H,49,59)(H,50,57)(H,51,58)(H,54,55)/t36-,37-,38?,39-,47?/m0/s1. The minimum absolute atomic E-state index is 0.0242. The third kappa shape index (κ3) is 19.2. The molecule has 0 aliphatic carbocycles. The molecule has 66 heavy (non-hydrogen) atoms. The Morgan fingerprint density at radius 2 is 1.26 bits per heavy atom. The van der Waals surface area contributed by atoms with E-state index in [4.69, 9.17) is 18.8 Å². The van der Waals surface area contributed by atoms with Gasteiger partial charge in [0.2, 0.25) is 23.6 Å². The van der Waals surface area contributed by atoms with E-state index in [1.165, 1.54) is 13.8 Å². The van der Waals surface area contributed by atoms with Gasteiger partial charge >= 0.3 is 5.97 Å². The average Bonchev–Trinajstić information content (AvgIpc) is 3.25. The number of Topliss-reactive ketones (excluding diaryl/α,β-unsaturated/α-hetero) is 1. The lowest BCUT2D eigenvalue weighted by Crippen LogP contribution is -2.60. The van der Waals surface area contributed by atoms with Crippen LogP contribution in [0.4, 0.5) is 0 Å². The zero-order chi connectivity index (χ0) is 49.1. The molecule has 19 heteroatoms. The number of morpholine rings is 1. The molecule has 1 heterocycles. The number of nitrogens with one attached hydrogen (secondary N) is 4. The Kier molecular flexibility index (Phi) is 22.3. The van der Waals surface area contributed by atoms with E-state index in [-0.39, 0.29) is 63.0 Å². The first kappa shape index (κ1) is 55.5. The summed E-state index contributed by atoms with van der Waals surface area (Å²) in [5.74, 6) is -4.84. The molecule has 3 rings (SSSR count). The fourth-order valence-electron chi connectivity index (χ4n) is 7.11. The molecule has 2 unspecified atom stereocenters. The van der Waals surface area contributed by atoms with E-state index in [0.717, 1.165) is 12.5 Å². The summed E-state index contributed by atoms with van der Waals surface area (Å²) in [7, 11) is -4.45. The van der Waals surface area contributed by atoms with Gasteiger partial charge in [0.15, 0.2) is 5.78 Å². The number of hydrogen-bond donors (Lipinski definition) is 6. The van der Waals surface area contributed by atoms with Crippen molar-refractivity contribution in [1.82, 2.24) is 26.2 Å². The maximum absolute atomic E-state index is 14.3. The number of aliphatic carboxylic acids is 1. The number of aryl methyl sites for hydroxylation is 1. The van der Waals surface area contributed by atoms with Crippen LogP contribution in [0, 0.1) is 11.8 Å². The summed E-state index contributed by atoms with van der Waals surface area (Å²) in [6.45, 7) is 11.4. The van der Waals surface area contributed by atoms with E-state index in [0.29, 0.717) is 38.3 Å². The first-order chi connectivity index (χ1) is 31.0. The number of carbonyl (C=O) groups is 6. The number of nitrogens with zero attached hydrogens (tertiary/aromatic N) is 1. The maximum Gasteiger partial charge on any atom is 0.329 e. The lowest BCUT2D eigenvalue weighted by Gasteiger charge is -2.31. The number of ether oxygens (including phenoxy) is 2. The molecule has 0 saturated carbocycles. The fourth-order valence-corrected chi connectivity index (χ4v) is 8.15. The number of ketones is 1. The van der Waals surface area contributed by atoms with Gasteiger partial charge in [0.25, 0.3) is 10.1 Å². The van der Waals surface area contributed by atoms with Crippen LogP contribution in [0.3, 0.4) is 0 Å². The molecule has 1 aliphatic rings. The summed E-state index contributed by atoms with van der Waals surface area (Å²) in [4.78, 5) is 82.8. The number of carboxylic acid groups (broad SMARTS) is 1. The van der Waals surface area contributed by atoms with Crippen molar-refractivity contribution >= 4 is 45.5 Å². The van der Waals surface area contributed by atoms with Crippen LogP contribution in [0.25, 0.3) is 0 Å². The zero-order valence-electron chi connectivity index (χ0n) is 39.4. The monoisotopic (exact) mass is 945 g/mol. The minimum atomic E-state index is -4.45. The van der Waals surface area contributed by atoms with Crippen LogP contribution in [0.15, 0.2) is 60.7 Å². The van der Waals surface area contributed by atoms with E-state index in [9.17, 15) is 42.3 Å². The fraction of sp³-hybridized carbons (Fsp3) is 0.617. The first-order valence-electron chi connectivity index (χ1n) is 22.5. The Balaban J connectivity index is 1.84. The van der Waals surface area contributed by atoms with Gasteiger partial charge in [0, 0.05) is 26.1 Å². The summed E-state index contributed by atoms with van der Waals surface area (Å²) >= 11 is 0. The normalized spacial score (nSPS) is 16.3. The number of rotatable bonds is 29. The largest absolute Gasteiger partial charge is 0.480 e. The second kappa shape index (κ2) is 26.5. The lowest BCUT2D eigenvalue weighted by atomic mass is 9.90. The molecule has 368 valence electrons. The number of benzene rings is 2. The summed E-state index contributed by atoms with van der Waals surface area (Å²) in [6, 6.07) is 13.5. The molecule has 1 saturated heterocycles. The SMILES string of the molecule is CC(C)CC(NC(=O)[C@H](CCc1ccccc1)NC(=O)CN1CCOCC1)C(=O)N[C@@H](Cc1ccccc1)C(=O)N[C@@H](CC(C)C)C(=O)C(C)(O)COS(=O)(=O)C(C)(C)CCOCC(=O)O. The van der Waals surface area contributed by atoms with Gasteiger partial charge < -0.3 is 41.0 Å². The highest BCUT2D eigenvalue weighted by Crippen LogP contribution is 2.25. The summed E-state index contributed by atoms with van der Waals surface area (Å²) in [5, 5.41) is 31.4. The van der Waals surface area contributed by atoms with Crippen LogP contribution in [-0.4, -0.2) is 146 Å². The molecule has 6 N–H and O–H groups in total. The summed E-state index contributed by atoms with van der Waals surface area (Å²) in [6.07, 6.45) is 0.737. The Morgan fingerprint density at radius 1 is 0.742 bits per heavy atom. The number of aliphatic hydroxyl groups is 1. The van der Waals surface area contributed by atoms with Crippen LogP contribution in [0.1, 0.15) is 85.3 Å². The van der Waals surface area contributed by atoms with Crippen molar-refractivity contribution in [2.45, 2.75) is 122 Å². The number of hydrogen-bond acceptors (Lipinski definition) is 13. The molecule has 2 aromatic carbocycles. The van der Waals surface area contributed by atoms with Gasteiger partial charge in [0.1, 0.15) is 36.9 Å². The average molecular weight is 946 g/mol. The molecular weight excluding hydrogens is 875 g/mol. The van der Waals surface area contributed by atoms with Crippen molar-refractivity contribution in [1.29, 1.82) is 0 Å². The smallest absolute Gasteiger partial charge is 0.329 e. The Hall–Kier alpha value is -4.79. The van der Waals surface area contributed by atoms with Gasteiger partial charge in [-0.15, -0.1) is 0 Å². The third-order valence-electron chi connectivity index (χ3n) is 11.1. The Labute approximate surface area is 389 Å². The van der Waals surface area contributed by atoms with Crippen molar-refractivity contribution in [3.63, 3.8) is 0 Å². The topological polar surface area (TPSA) is 256 Å². The van der Waals surface area contributed by atoms with Crippen molar-refractivity contribution < 1.29 is 61.1 Å². The number of amides is 4. The van der Waals surface area contributed by atoms with E-state index in [1.54, 1.807) is 44.2 Å². The van der Waals surface area contributed by atoms with Crippen LogP contribution in [-0.2, 0) is 65.4 Å². The molecule has 0 bridgehead atoms. The molecule has 0 radical (unpaired) electrons. The first-order valence-corrected chi connectivity index (χ1v) is 23.9. The third-order valence-corrected chi connectivity index (χ3v) is 13.0. The summed E-state index contributed by atoms with van der Waals surface area (Å²) in [5.41, 5.74) is -0.798. The van der Waals surface area contributed by atoms with Crippen molar-refractivity contribution in [2.75, 3.05) is 52.7 Å². The van der Waals surface area contributed by atoms with E-state index >= 15 is 0 Å². The molecule has 5 atom stereocenters. The van der Waals surface area contributed by atoms with Crippen molar-refractivity contribution in [3.05, 3.63) is 71.8 Å². The quantitative estimate of drug-likeness (QED) is 0.0505. The molecule has 2 aromatic rings. The predicted octanol–water partition coefficient (Wildman–Crippen LogP) is 2.16. The minimum Gasteiger partial charge on any atom is -0.480 e. The van der Waals surface area contributed by atoms with Crippen LogP contribution in [0.2, 0.25) is 0 Å². The van der Waals surface area contributed by atoms with Crippen molar-refractivity contribution in [2.24, 2.45) is 11.8 Å². The van der Waals surface area contributed by atoms with Gasteiger partial charge in [-0.25, -0.2) is 4.79 Å². The second-order valence-electron chi connectivity index (χ2n) is 18.5. The van der Waals surface area contributed by atoms with Crippen LogP contribution >= 0.6 is 0 Å². The van der Waals surface area contributed by atoms with E-state index < -0.39 is 87.3 Å². The van der Waals surface area contributed by atoms with Crippen LogP contribution < -0.4 is 21.3 Å². The van der Waals surface area contributed by atoms with Crippen molar-refractivity contribution in [3.8, 4) is 0 Å². The lowest BCUT2D eigenvalue weighted by molar-refractivity contribution is -0.143. The van der Waals surface area contributed by atoms with Gasteiger partial charge in [-0.1, -0.05) is 88.4 Å².